The van der Waals surface area contributed by atoms with E-state index >= 15 is 0 Å². The number of fused-ring (bicyclic) bond motifs is 3. The molecule has 3 aliphatic rings. The van der Waals surface area contributed by atoms with Crippen molar-refractivity contribution in [1.29, 1.82) is 0 Å². The second-order valence-corrected chi connectivity index (χ2v) is 10.5. The van der Waals surface area contributed by atoms with Gasteiger partial charge >= 0.3 is 0 Å². The number of nitrogens with zero attached hydrogens (tertiary/aromatic N) is 3. The van der Waals surface area contributed by atoms with E-state index in [-0.39, 0.29) is 16.9 Å². The van der Waals surface area contributed by atoms with E-state index in [0.29, 0.717) is 6.54 Å². The lowest BCUT2D eigenvalue weighted by molar-refractivity contribution is -0.135. The first kappa shape index (κ1) is 20.1. The van der Waals surface area contributed by atoms with Crippen LogP contribution in [0.15, 0.2) is 35.1 Å². The van der Waals surface area contributed by atoms with Gasteiger partial charge in [-0.2, -0.15) is 0 Å². The molecule has 2 aromatic heterocycles. The first-order chi connectivity index (χ1) is 15.6. The molecule has 0 spiro atoms. The fraction of sp³-hybridized carbons (Fsp3) is 0.480. The van der Waals surface area contributed by atoms with Gasteiger partial charge < -0.3 is 9.88 Å². The van der Waals surface area contributed by atoms with Crippen molar-refractivity contribution >= 4 is 27.5 Å². The predicted octanol–water partition coefficient (Wildman–Crippen LogP) is 3.24. The lowest BCUT2D eigenvalue weighted by Gasteiger charge is -2.36. The lowest BCUT2D eigenvalue weighted by atomic mass is 9.94. The maximum absolute atomic E-state index is 13.3. The van der Waals surface area contributed by atoms with Crippen LogP contribution >= 0.6 is 11.3 Å². The van der Waals surface area contributed by atoms with Crippen LogP contribution in [-0.4, -0.2) is 51.9 Å². The number of H-pyrrole nitrogens is 1. The number of carbonyl (C=O) groups is 1. The second kappa shape index (κ2) is 7.81. The van der Waals surface area contributed by atoms with Gasteiger partial charge in [0.05, 0.1) is 17.3 Å². The summed E-state index contributed by atoms with van der Waals surface area (Å²) in [5.74, 6) is 1.02. The number of benzene rings is 1. The van der Waals surface area contributed by atoms with Crippen LogP contribution in [0.1, 0.15) is 47.5 Å². The number of amides is 1. The molecule has 1 saturated heterocycles. The summed E-state index contributed by atoms with van der Waals surface area (Å²) < 4.78 is 0. The minimum absolute atomic E-state index is 0.0109. The zero-order valence-electron chi connectivity index (χ0n) is 18.2. The highest BCUT2D eigenvalue weighted by Crippen LogP contribution is 2.49. The van der Waals surface area contributed by atoms with Crippen LogP contribution in [0.5, 0.6) is 0 Å². The third-order valence-electron chi connectivity index (χ3n) is 7.39. The Morgan fingerprint density at radius 3 is 2.56 bits per heavy atom. The molecule has 1 N–H and O–H groups in total. The number of rotatable bonds is 4. The zero-order chi connectivity index (χ0) is 21.7. The molecule has 2 aliphatic carbocycles. The van der Waals surface area contributed by atoms with Gasteiger partial charge in [-0.3, -0.25) is 14.5 Å². The summed E-state index contributed by atoms with van der Waals surface area (Å²) in [6, 6.07) is 10.2. The number of thiophene rings is 1. The van der Waals surface area contributed by atoms with Gasteiger partial charge in [-0.15, -0.1) is 11.3 Å². The van der Waals surface area contributed by atoms with E-state index < -0.39 is 0 Å². The van der Waals surface area contributed by atoms with E-state index in [4.69, 9.17) is 4.98 Å². The molecule has 166 valence electrons. The monoisotopic (exact) mass is 448 g/mol. The molecule has 0 unspecified atom stereocenters. The Bertz CT molecular complexity index is 1220. The second-order valence-electron chi connectivity index (χ2n) is 9.42. The molecule has 1 amide bonds. The average Bonchev–Trinajstić information content (AvgIpc) is 3.54. The normalized spacial score (nSPS) is 20.3. The third kappa shape index (κ3) is 3.39. The maximum Gasteiger partial charge on any atom is 0.259 e. The van der Waals surface area contributed by atoms with Crippen LogP contribution in [0.2, 0.25) is 0 Å². The van der Waals surface area contributed by atoms with Crippen molar-refractivity contribution < 1.29 is 4.79 Å². The van der Waals surface area contributed by atoms with Gasteiger partial charge in [0.1, 0.15) is 10.7 Å². The number of aryl methyl sites for hydroxylation is 2. The van der Waals surface area contributed by atoms with Crippen molar-refractivity contribution in [3.05, 3.63) is 62.5 Å². The number of hydrogen-bond acceptors (Lipinski definition) is 5. The third-order valence-corrected chi connectivity index (χ3v) is 8.58. The average molecular weight is 449 g/mol. The molecule has 6 nitrogen and oxygen atoms in total. The quantitative estimate of drug-likeness (QED) is 0.665. The molecule has 1 aromatic carbocycles. The fourth-order valence-electron chi connectivity index (χ4n) is 5.42. The van der Waals surface area contributed by atoms with Gasteiger partial charge in [0, 0.05) is 31.1 Å². The summed E-state index contributed by atoms with van der Waals surface area (Å²) in [5, 5.41) is 0.819. The molecule has 2 fully saturated rings. The van der Waals surface area contributed by atoms with Crippen LogP contribution in [0, 0.1) is 0 Å². The molecule has 6 rings (SSSR count). The molecule has 0 radical (unpaired) electrons. The SMILES string of the molecule is O=C(N1CCN(Cc2nc3sc4c(c3c(=O)[nH]2)CCCC4)CC1)C1(c2ccccc2)CC1. The van der Waals surface area contributed by atoms with E-state index in [1.165, 1.54) is 16.9 Å². The van der Waals surface area contributed by atoms with Crippen molar-refractivity contribution in [3.8, 4) is 0 Å². The summed E-state index contributed by atoms with van der Waals surface area (Å²) in [6.45, 7) is 3.69. The number of carbonyl (C=O) groups excluding carboxylic acids is 1. The van der Waals surface area contributed by atoms with E-state index in [1.807, 2.05) is 23.1 Å². The van der Waals surface area contributed by atoms with Gasteiger partial charge in [-0.05, 0) is 49.7 Å². The smallest absolute Gasteiger partial charge is 0.259 e. The van der Waals surface area contributed by atoms with Crippen LogP contribution in [-0.2, 0) is 29.6 Å². The fourth-order valence-corrected chi connectivity index (χ4v) is 6.70. The highest BCUT2D eigenvalue weighted by atomic mass is 32.1. The Hall–Kier alpha value is -2.51. The molecule has 3 heterocycles. The summed E-state index contributed by atoms with van der Waals surface area (Å²) >= 11 is 1.70. The molecule has 1 saturated carbocycles. The molecule has 0 atom stereocenters. The van der Waals surface area contributed by atoms with Gasteiger partial charge in [-0.1, -0.05) is 30.3 Å². The topological polar surface area (TPSA) is 69.3 Å². The van der Waals surface area contributed by atoms with Crippen molar-refractivity contribution in [2.24, 2.45) is 0 Å². The predicted molar refractivity (Wildman–Crippen MR) is 126 cm³/mol. The van der Waals surface area contributed by atoms with E-state index in [2.05, 4.69) is 22.0 Å². The molecule has 32 heavy (non-hydrogen) atoms. The minimum atomic E-state index is -0.292. The van der Waals surface area contributed by atoms with Gasteiger partial charge in [0.2, 0.25) is 5.91 Å². The minimum Gasteiger partial charge on any atom is -0.339 e. The molecular formula is C25H28N4O2S. The summed E-state index contributed by atoms with van der Waals surface area (Å²) in [6.07, 6.45) is 6.34. The van der Waals surface area contributed by atoms with Crippen molar-refractivity contribution in [2.75, 3.05) is 26.2 Å². The zero-order valence-corrected chi connectivity index (χ0v) is 19.0. The van der Waals surface area contributed by atoms with Gasteiger partial charge in [0.25, 0.3) is 5.56 Å². The Kier molecular flexibility index (Phi) is 4.91. The number of aromatic nitrogens is 2. The summed E-state index contributed by atoms with van der Waals surface area (Å²) in [7, 11) is 0. The largest absolute Gasteiger partial charge is 0.339 e. The van der Waals surface area contributed by atoms with Crippen molar-refractivity contribution in [1.82, 2.24) is 19.8 Å². The Morgan fingerprint density at radius 1 is 1.06 bits per heavy atom. The molecular weight excluding hydrogens is 420 g/mol. The number of nitrogens with one attached hydrogen (secondary N) is 1. The first-order valence-corrected chi connectivity index (χ1v) is 12.6. The van der Waals surface area contributed by atoms with Crippen molar-refractivity contribution in [3.63, 3.8) is 0 Å². The molecule has 1 aliphatic heterocycles. The van der Waals surface area contributed by atoms with E-state index in [9.17, 15) is 9.59 Å². The summed E-state index contributed by atoms with van der Waals surface area (Å²) in [4.78, 5) is 40.5. The number of aromatic amines is 1. The molecule has 0 bridgehead atoms. The summed E-state index contributed by atoms with van der Waals surface area (Å²) in [5.41, 5.74) is 2.11. The maximum atomic E-state index is 13.3. The first-order valence-electron chi connectivity index (χ1n) is 11.7. The number of hydrogen-bond donors (Lipinski definition) is 1. The van der Waals surface area contributed by atoms with Crippen LogP contribution < -0.4 is 5.56 Å². The van der Waals surface area contributed by atoms with E-state index in [0.717, 1.165) is 79.9 Å². The molecule has 7 heteroatoms. The standard InChI is InChI=1S/C25H28N4O2S/c30-22-21-18-8-4-5-9-19(18)32-23(21)27-20(26-22)16-28-12-14-29(15-13-28)24(31)25(10-11-25)17-6-2-1-3-7-17/h1-3,6-7H,4-5,8-16H2,(H,26,27,30). The highest BCUT2D eigenvalue weighted by molar-refractivity contribution is 7.18. The lowest BCUT2D eigenvalue weighted by Crippen LogP contribution is -2.51. The Morgan fingerprint density at radius 2 is 1.81 bits per heavy atom. The molecule has 3 aromatic rings. The highest BCUT2D eigenvalue weighted by Gasteiger charge is 2.53. The van der Waals surface area contributed by atoms with Crippen LogP contribution in [0.25, 0.3) is 10.2 Å². The van der Waals surface area contributed by atoms with E-state index in [1.54, 1.807) is 11.3 Å². The van der Waals surface area contributed by atoms with Crippen LogP contribution in [0.3, 0.4) is 0 Å². The number of piperazine rings is 1. The van der Waals surface area contributed by atoms with Gasteiger partial charge in [-0.25, -0.2) is 4.98 Å². The van der Waals surface area contributed by atoms with Gasteiger partial charge in [0.15, 0.2) is 0 Å². The van der Waals surface area contributed by atoms with Crippen molar-refractivity contribution in [2.45, 2.75) is 50.5 Å². The van der Waals surface area contributed by atoms with Crippen LogP contribution in [0.4, 0.5) is 0 Å². The Balaban J connectivity index is 1.13. The Labute approximate surface area is 191 Å².